The summed E-state index contributed by atoms with van der Waals surface area (Å²) in [6.45, 7) is 0. The monoisotopic (exact) mass is 528 g/mol. The topological polar surface area (TPSA) is 229 Å². The van der Waals surface area contributed by atoms with E-state index in [9.17, 15) is 4.79 Å². The van der Waals surface area contributed by atoms with Crippen molar-refractivity contribution in [2.75, 3.05) is 11.5 Å². The standard InChI is InChI=1S/C10H16N4O.C10H14N4.2CH4.H2O4S/c11-9-8(10(12)15)6-13-14(9)7-4-2-1-3-5-7;11-6-8-7-13-14(10(8)12)9-4-2-1-3-5-9;;;1-5(2,3)4/h6-7H,1-5,11H2,(H2,12,15);7,9H,1-5,12H2;2*1H4;(H2,1,2,3,4). The SMILES string of the molecule is C.C.N#Cc1cnn(C2CCCCC2)c1N.NC(=O)c1cnn(C2CCCCC2)c1N.O=S(=O)(O)O. The third-order valence-corrected chi connectivity index (χ3v) is 5.90. The van der Waals surface area contributed by atoms with E-state index in [-0.39, 0.29) is 14.9 Å². The number of nitrogen functional groups attached to an aromatic ring is 2. The summed E-state index contributed by atoms with van der Waals surface area (Å²) in [4.78, 5) is 11.0. The van der Waals surface area contributed by atoms with Crippen LogP contribution in [0.4, 0.5) is 11.6 Å². The molecule has 2 aromatic heterocycles. The van der Waals surface area contributed by atoms with Crippen LogP contribution in [0.3, 0.4) is 0 Å². The van der Waals surface area contributed by atoms with Gasteiger partial charge in [-0.3, -0.25) is 13.9 Å². The normalized spacial score (nSPS) is 16.0. The number of hydrogen-bond acceptors (Lipinski definition) is 8. The molecule has 0 unspecified atom stereocenters. The minimum absolute atomic E-state index is 0. The first-order valence-corrected chi connectivity index (χ1v) is 12.5. The number of amides is 1. The molecule has 14 heteroatoms. The van der Waals surface area contributed by atoms with Gasteiger partial charge in [0.05, 0.1) is 24.5 Å². The van der Waals surface area contributed by atoms with Crippen molar-refractivity contribution in [2.24, 2.45) is 5.73 Å². The maximum atomic E-state index is 11.0. The zero-order valence-electron chi connectivity index (χ0n) is 18.9. The number of aromatic nitrogens is 4. The average molecular weight is 529 g/mol. The molecule has 36 heavy (non-hydrogen) atoms. The van der Waals surface area contributed by atoms with E-state index in [2.05, 4.69) is 10.2 Å². The Kier molecular flexibility index (Phi) is 13.8. The Balaban J connectivity index is 0.000000550. The van der Waals surface area contributed by atoms with Crippen LogP contribution in [0.5, 0.6) is 0 Å². The molecule has 0 aromatic carbocycles. The van der Waals surface area contributed by atoms with Crippen LogP contribution in [0, 0.1) is 11.3 Å². The molecule has 4 rings (SSSR count). The van der Waals surface area contributed by atoms with Crippen LogP contribution < -0.4 is 17.2 Å². The number of hydrogen-bond donors (Lipinski definition) is 5. The smallest absolute Gasteiger partial charge is 0.383 e. The summed E-state index contributed by atoms with van der Waals surface area (Å²) in [6.07, 6.45) is 14.9. The molecular formula is C22H40N8O5S. The number of primary amides is 1. The molecule has 1 amide bonds. The minimum atomic E-state index is -4.67. The number of carbonyl (C=O) groups excluding carboxylic acids is 1. The van der Waals surface area contributed by atoms with Crippen LogP contribution in [-0.4, -0.2) is 43.0 Å². The Labute approximate surface area is 213 Å². The quantitative estimate of drug-likeness (QED) is 0.364. The molecule has 0 spiro atoms. The number of nitriles is 1. The molecule has 2 aromatic rings. The van der Waals surface area contributed by atoms with Gasteiger partial charge in [0.15, 0.2) is 0 Å². The number of rotatable bonds is 3. The van der Waals surface area contributed by atoms with Gasteiger partial charge in [-0.1, -0.05) is 53.4 Å². The van der Waals surface area contributed by atoms with Crippen molar-refractivity contribution in [1.82, 2.24) is 19.6 Å². The van der Waals surface area contributed by atoms with Crippen LogP contribution >= 0.6 is 0 Å². The van der Waals surface area contributed by atoms with E-state index in [0.29, 0.717) is 34.8 Å². The Morgan fingerprint density at radius 3 is 1.61 bits per heavy atom. The molecule has 204 valence electrons. The molecule has 0 saturated heterocycles. The van der Waals surface area contributed by atoms with Crippen LogP contribution in [0.25, 0.3) is 0 Å². The first-order chi connectivity index (χ1) is 16.0. The van der Waals surface area contributed by atoms with Crippen LogP contribution in [0.2, 0.25) is 0 Å². The van der Waals surface area contributed by atoms with E-state index in [4.69, 9.17) is 40.0 Å². The van der Waals surface area contributed by atoms with Gasteiger partial charge in [0.1, 0.15) is 28.8 Å². The van der Waals surface area contributed by atoms with E-state index >= 15 is 0 Å². The summed E-state index contributed by atoms with van der Waals surface area (Å²) in [5.74, 6) is 0.434. The van der Waals surface area contributed by atoms with Crippen molar-refractivity contribution in [1.29, 1.82) is 5.26 Å². The summed E-state index contributed by atoms with van der Waals surface area (Å²) in [6, 6.07) is 2.79. The molecule has 2 aliphatic rings. The van der Waals surface area contributed by atoms with Crippen molar-refractivity contribution < 1.29 is 22.3 Å². The van der Waals surface area contributed by atoms with Crippen molar-refractivity contribution in [3.63, 3.8) is 0 Å². The third kappa shape index (κ3) is 9.84. The first kappa shape index (κ1) is 32.8. The highest BCUT2D eigenvalue weighted by Gasteiger charge is 2.21. The number of nitrogens with zero attached hydrogens (tertiary/aromatic N) is 5. The number of anilines is 2. The Morgan fingerprint density at radius 2 is 1.28 bits per heavy atom. The van der Waals surface area contributed by atoms with Crippen molar-refractivity contribution in [3.8, 4) is 6.07 Å². The summed E-state index contributed by atoms with van der Waals surface area (Å²) in [7, 11) is -4.67. The summed E-state index contributed by atoms with van der Waals surface area (Å²) < 4.78 is 35.1. The van der Waals surface area contributed by atoms with Crippen LogP contribution in [-0.2, 0) is 10.4 Å². The second-order valence-electron chi connectivity index (χ2n) is 8.28. The van der Waals surface area contributed by atoms with E-state index in [1.54, 1.807) is 10.9 Å². The van der Waals surface area contributed by atoms with Crippen molar-refractivity contribution in [2.45, 2.75) is 91.1 Å². The average Bonchev–Trinajstić information content (AvgIpc) is 3.36. The van der Waals surface area contributed by atoms with E-state index in [1.165, 1.54) is 44.7 Å². The van der Waals surface area contributed by atoms with Gasteiger partial charge in [-0.25, -0.2) is 9.36 Å². The second kappa shape index (κ2) is 15.1. The molecule has 2 heterocycles. The lowest BCUT2D eigenvalue weighted by atomic mass is 9.96. The fourth-order valence-corrected chi connectivity index (χ4v) is 4.25. The second-order valence-corrected chi connectivity index (χ2v) is 9.18. The molecule has 0 aliphatic heterocycles. The number of carbonyl (C=O) groups is 1. The molecule has 2 saturated carbocycles. The lowest BCUT2D eigenvalue weighted by Gasteiger charge is -2.22. The molecule has 2 fully saturated rings. The summed E-state index contributed by atoms with van der Waals surface area (Å²) in [5.41, 5.74) is 17.7. The fourth-order valence-electron chi connectivity index (χ4n) is 4.25. The molecule has 0 radical (unpaired) electrons. The molecule has 0 atom stereocenters. The third-order valence-electron chi connectivity index (χ3n) is 5.90. The van der Waals surface area contributed by atoms with Crippen molar-refractivity contribution in [3.05, 3.63) is 23.5 Å². The Hall–Kier alpha value is -3.15. The molecule has 2 aliphatic carbocycles. The highest BCUT2D eigenvalue weighted by Crippen LogP contribution is 2.31. The lowest BCUT2D eigenvalue weighted by Crippen LogP contribution is -2.18. The zero-order chi connectivity index (χ0) is 25.3. The predicted octanol–water partition coefficient (Wildman–Crippen LogP) is 3.53. The zero-order valence-corrected chi connectivity index (χ0v) is 19.7. The summed E-state index contributed by atoms with van der Waals surface area (Å²) in [5, 5.41) is 17.1. The van der Waals surface area contributed by atoms with Crippen molar-refractivity contribution >= 4 is 27.9 Å². The first-order valence-electron chi connectivity index (χ1n) is 11.1. The molecule has 13 nitrogen and oxygen atoms in total. The van der Waals surface area contributed by atoms with Crippen LogP contribution in [0.1, 0.15) is 107 Å². The highest BCUT2D eigenvalue weighted by atomic mass is 32.3. The van der Waals surface area contributed by atoms with Gasteiger partial charge >= 0.3 is 10.4 Å². The van der Waals surface area contributed by atoms with E-state index in [1.807, 2.05) is 10.8 Å². The van der Waals surface area contributed by atoms with Gasteiger partial charge in [0.2, 0.25) is 0 Å². The largest absolute Gasteiger partial charge is 0.394 e. The Bertz CT molecular complexity index is 1090. The van der Waals surface area contributed by atoms with Gasteiger partial charge in [-0.15, -0.1) is 0 Å². The fraction of sp³-hybridized carbons (Fsp3) is 0.636. The maximum absolute atomic E-state index is 11.0. The number of nitrogens with two attached hydrogens (primary N) is 3. The van der Waals surface area contributed by atoms with Gasteiger partial charge in [-0.2, -0.15) is 23.9 Å². The maximum Gasteiger partial charge on any atom is 0.394 e. The Morgan fingerprint density at radius 1 is 0.889 bits per heavy atom. The lowest BCUT2D eigenvalue weighted by molar-refractivity contribution is 0.100. The van der Waals surface area contributed by atoms with Gasteiger partial charge in [0, 0.05) is 0 Å². The van der Waals surface area contributed by atoms with E-state index < -0.39 is 16.3 Å². The highest BCUT2D eigenvalue weighted by molar-refractivity contribution is 7.79. The van der Waals surface area contributed by atoms with Gasteiger partial charge in [0.25, 0.3) is 5.91 Å². The minimum Gasteiger partial charge on any atom is -0.383 e. The van der Waals surface area contributed by atoms with Crippen LogP contribution in [0.15, 0.2) is 12.4 Å². The van der Waals surface area contributed by atoms with E-state index in [0.717, 1.165) is 25.7 Å². The summed E-state index contributed by atoms with van der Waals surface area (Å²) >= 11 is 0. The molecule has 0 bridgehead atoms. The van der Waals surface area contributed by atoms with Gasteiger partial charge in [-0.05, 0) is 25.7 Å². The molecular weight excluding hydrogens is 488 g/mol. The molecule has 8 N–H and O–H groups in total. The predicted molar refractivity (Wildman–Crippen MR) is 138 cm³/mol. The van der Waals surface area contributed by atoms with Gasteiger partial charge < -0.3 is 17.2 Å².